The maximum atomic E-state index is 14.0. The zero-order valence-corrected chi connectivity index (χ0v) is 13.9. The molecule has 8 heteroatoms. The van der Waals surface area contributed by atoms with Crippen molar-refractivity contribution in [3.05, 3.63) is 59.8 Å². The van der Waals surface area contributed by atoms with E-state index in [0.717, 1.165) is 23.0 Å². The van der Waals surface area contributed by atoms with E-state index in [1.165, 1.54) is 0 Å². The Morgan fingerprint density at radius 2 is 2.20 bits per heavy atom. The van der Waals surface area contributed by atoms with Gasteiger partial charge in [0.1, 0.15) is 0 Å². The molecule has 0 aliphatic heterocycles. The third-order valence-electron chi connectivity index (χ3n) is 3.39. The van der Waals surface area contributed by atoms with Gasteiger partial charge in [0.15, 0.2) is 11.6 Å². The molecule has 3 aromatic rings. The molecule has 2 aromatic heterocycles. The summed E-state index contributed by atoms with van der Waals surface area (Å²) in [6.07, 6.45) is 6.32. The molecule has 0 atom stereocenters. The number of nitrogens with one attached hydrogen (secondary N) is 2. The molecule has 3 rings (SSSR count). The van der Waals surface area contributed by atoms with Crippen LogP contribution in [-0.4, -0.2) is 33.0 Å². The van der Waals surface area contributed by atoms with E-state index in [4.69, 9.17) is 0 Å². The zero-order chi connectivity index (χ0) is 17.6. The Morgan fingerprint density at radius 3 is 2.96 bits per heavy atom. The minimum Gasteiger partial charge on any atom is -0.363 e. The number of anilines is 3. The van der Waals surface area contributed by atoms with Crippen molar-refractivity contribution in [1.29, 1.82) is 0 Å². The van der Waals surface area contributed by atoms with Crippen LogP contribution in [0.3, 0.4) is 0 Å². The summed E-state index contributed by atoms with van der Waals surface area (Å²) in [6.45, 7) is 0.436. The maximum absolute atomic E-state index is 14.0. The van der Waals surface area contributed by atoms with Crippen molar-refractivity contribution in [3.63, 3.8) is 0 Å². The Morgan fingerprint density at radius 1 is 1.32 bits per heavy atom. The number of hydrogen-bond acceptors (Lipinski definition) is 6. The molecule has 0 aliphatic carbocycles. The predicted octanol–water partition coefficient (Wildman–Crippen LogP) is 2.75. The van der Waals surface area contributed by atoms with Crippen LogP contribution in [0.4, 0.5) is 21.8 Å². The molecule has 25 heavy (non-hydrogen) atoms. The van der Waals surface area contributed by atoms with Crippen LogP contribution in [0.25, 0.3) is 0 Å². The molecule has 0 amide bonds. The van der Waals surface area contributed by atoms with Crippen LogP contribution in [0, 0.1) is 5.82 Å². The van der Waals surface area contributed by atoms with Gasteiger partial charge in [0.25, 0.3) is 0 Å². The molecular weight excluding hydrogens is 321 g/mol. The first kappa shape index (κ1) is 16.6. The minimum absolute atomic E-state index is 0.135. The van der Waals surface area contributed by atoms with E-state index in [1.807, 2.05) is 24.3 Å². The average molecular weight is 339 g/mol. The molecule has 0 radical (unpaired) electrons. The van der Waals surface area contributed by atoms with Crippen LogP contribution >= 0.6 is 0 Å². The lowest BCUT2D eigenvalue weighted by molar-refractivity contribution is 0.617. The van der Waals surface area contributed by atoms with Gasteiger partial charge in [-0.3, -0.25) is 9.67 Å². The summed E-state index contributed by atoms with van der Waals surface area (Å²) in [7, 11) is 3.53. The van der Waals surface area contributed by atoms with E-state index >= 15 is 0 Å². The Bertz CT molecular complexity index is 888. The first-order chi connectivity index (χ1) is 12.1. The van der Waals surface area contributed by atoms with E-state index in [-0.39, 0.29) is 5.82 Å². The van der Waals surface area contributed by atoms with E-state index in [9.17, 15) is 4.39 Å². The third-order valence-corrected chi connectivity index (χ3v) is 3.39. The summed E-state index contributed by atoms with van der Waals surface area (Å²) in [5.74, 6) is -0.0808. The summed E-state index contributed by atoms with van der Waals surface area (Å²) in [6, 6.07) is 7.82. The van der Waals surface area contributed by atoms with Crippen LogP contribution in [0.15, 0.2) is 47.8 Å². The number of aromatic nitrogens is 4. The highest BCUT2D eigenvalue weighted by atomic mass is 19.1. The second-order valence-electron chi connectivity index (χ2n) is 5.40. The zero-order valence-electron chi connectivity index (χ0n) is 13.9. The standard InChI is InChI=1S/C17H18FN7/c1-19-7-12-4-3-5-13(6-12)8-20-16-15(18)10-21-17(24-16)23-14-9-22-25(2)11-14/h3-7,9-11H,8H2,1-2H3,(H2,20,21,23,24). The lowest BCUT2D eigenvalue weighted by atomic mass is 10.1. The Balaban J connectivity index is 1.71. The Hall–Kier alpha value is -3.29. The van der Waals surface area contributed by atoms with Gasteiger partial charge in [-0.15, -0.1) is 0 Å². The van der Waals surface area contributed by atoms with Crippen molar-refractivity contribution in [3.8, 4) is 0 Å². The van der Waals surface area contributed by atoms with Crippen molar-refractivity contribution < 1.29 is 4.39 Å². The van der Waals surface area contributed by atoms with E-state index in [1.54, 1.807) is 37.4 Å². The van der Waals surface area contributed by atoms with E-state index < -0.39 is 5.82 Å². The third kappa shape index (κ3) is 4.37. The highest BCUT2D eigenvalue weighted by Gasteiger charge is 2.08. The Labute approximate surface area is 144 Å². The highest BCUT2D eigenvalue weighted by molar-refractivity contribution is 5.79. The molecule has 0 saturated carbocycles. The molecule has 0 bridgehead atoms. The lowest BCUT2D eigenvalue weighted by Crippen LogP contribution is -2.07. The van der Waals surface area contributed by atoms with Gasteiger partial charge in [0, 0.05) is 33.1 Å². The molecule has 0 aliphatic rings. The molecule has 128 valence electrons. The SMILES string of the molecule is CN=Cc1cccc(CNc2nc(Nc3cnn(C)c3)ncc2F)c1. The number of benzene rings is 1. The first-order valence-electron chi connectivity index (χ1n) is 7.67. The maximum Gasteiger partial charge on any atom is 0.229 e. The molecule has 7 nitrogen and oxygen atoms in total. The summed E-state index contributed by atoms with van der Waals surface area (Å²) < 4.78 is 15.6. The van der Waals surface area contributed by atoms with Gasteiger partial charge in [-0.2, -0.15) is 10.1 Å². The van der Waals surface area contributed by atoms with Crippen molar-refractivity contribution >= 4 is 23.7 Å². The van der Waals surface area contributed by atoms with Crippen molar-refractivity contribution in [1.82, 2.24) is 19.7 Å². The lowest BCUT2D eigenvalue weighted by Gasteiger charge is -2.09. The number of aryl methyl sites for hydroxylation is 1. The van der Waals surface area contributed by atoms with Crippen LogP contribution in [0.5, 0.6) is 0 Å². The van der Waals surface area contributed by atoms with Gasteiger partial charge in [-0.1, -0.05) is 18.2 Å². The second kappa shape index (κ2) is 7.52. The molecule has 0 unspecified atom stereocenters. The van der Waals surface area contributed by atoms with Gasteiger partial charge in [-0.05, 0) is 17.2 Å². The van der Waals surface area contributed by atoms with E-state index in [2.05, 4.69) is 30.7 Å². The molecule has 2 N–H and O–H groups in total. The van der Waals surface area contributed by atoms with Crippen LogP contribution < -0.4 is 10.6 Å². The molecule has 1 aromatic carbocycles. The summed E-state index contributed by atoms with van der Waals surface area (Å²) in [4.78, 5) is 12.1. The van der Waals surface area contributed by atoms with Crippen molar-refractivity contribution in [2.75, 3.05) is 17.7 Å². The fourth-order valence-corrected chi connectivity index (χ4v) is 2.28. The largest absolute Gasteiger partial charge is 0.363 e. The normalized spacial score (nSPS) is 11.0. The molecule has 2 heterocycles. The molecule has 0 saturated heterocycles. The van der Waals surface area contributed by atoms with Gasteiger partial charge in [-0.25, -0.2) is 9.37 Å². The van der Waals surface area contributed by atoms with Crippen molar-refractivity contribution in [2.45, 2.75) is 6.54 Å². The molecule has 0 spiro atoms. The van der Waals surface area contributed by atoms with Gasteiger partial charge in [0.05, 0.1) is 18.1 Å². The topological polar surface area (TPSA) is 80.0 Å². The summed E-state index contributed by atoms with van der Waals surface area (Å²) in [5, 5.41) is 10.0. The summed E-state index contributed by atoms with van der Waals surface area (Å²) >= 11 is 0. The van der Waals surface area contributed by atoms with Gasteiger partial charge >= 0.3 is 0 Å². The van der Waals surface area contributed by atoms with Crippen LogP contribution in [0.1, 0.15) is 11.1 Å². The monoisotopic (exact) mass is 339 g/mol. The Kier molecular flexibility index (Phi) is 4.98. The minimum atomic E-state index is -0.511. The average Bonchev–Trinajstić information content (AvgIpc) is 3.01. The number of rotatable bonds is 6. The van der Waals surface area contributed by atoms with Crippen LogP contribution in [0.2, 0.25) is 0 Å². The quantitative estimate of drug-likeness (QED) is 0.675. The molecule has 0 fully saturated rings. The number of nitrogens with zero attached hydrogens (tertiary/aromatic N) is 5. The number of hydrogen-bond donors (Lipinski definition) is 2. The number of halogens is 1. The van der Waals surface area contributed by atoms with Crippen LogP contribution in [-0.2, 0) is 13.6 Å². The van der Waals surface area contributed by atoms with Gasteiger partial charge < -0.3 is 10.6 Å². The van der Waals surface area contributed by atoms with E-state index in [0.29, 0.717) is 12.5 Å². The summed E-state index contributed by atoms with van der Waals surface area (Å²) in [5.41, 5.74) is 2.72. The van der Waals surface area contributed by atoms with Gasteiger partial charge in [0.2, 0.25) is 5.95 Å². The highest BCUT2D eigenvalue weighted by Crippen LogP contribution is 2.17. The molecular formula is C17H18FN7. The number of aliphatic imine (C=N–C) groups is 1. The smallest absolute Gasteiger partial charge is 0.229 e. The first-order valence-corrected chi connectivity index (χ1v) is 7.67. The predicted molar refractivity (Wildman–Crippen MR) is 95.8 cm³/mol. The van der Waals surface area contributed by atoms with Crippen molar-refractivity contribution in [2.24, 2.45) is 12.0 Å². The fraction of sp³-hybridized carbons (Fsp3) is 0.176. The fourth-order valence-electron chi connectivity index (χ4n) is 2.28. The second-order valence-corrected chi connectivity index (χ2v) is 5.40.